The second-order valence-corrected chi connectivity index (χ2v) is 6.68. The summed E-state index contributed by atoms with van der Waals surface area (Å²) in [5.74, 6) is -0.113. The highest BCUT2D eigenvalue weighted by atomic mass is 16.6. The van der Waals surface area contributed by atoms with Gasteiger partial charge in [0.25, 0.3) is 0 Å². The Morgan fingerprint density at radius 1 is 0.786 bits per heavy atom. The number of aliphatic carboxylic acids is 1. The first kappa shape index (κ1) is 24.4. The zero-order valence-corrected chi connectivity index (χ0v) is 17.2. The molecule has 1 rings (SSSR count). The topological polar surface area (TPSA) is 74.2 Å². The van der Waals surface area contributed by atoms with Crippen molar-refractivity contribution in [2.45, 2.75) is 51.9 Å². The normalized spacial score (nSPS) is 10.9. The summed E-state index contributed by atoms with van der Waals surface area (Å²) in [5.41, 5.74) is 1.36. The summed E-state index contributed by atoms with van der Waals surface area (Å²) in [6.45, 7) is 4.50. The van der Waals surface area contributed by atoms with Crippen molar-refractivity contribution in [3.63, 3.8) is 0 Å². The number of unbranched alkanes of at least 4 members (excludes halogenated alkanes) is 5. The molecule has 0 amide bonds. The number of hydrogen-bond acceptors (Lipinski definition) is 5. The van der Waals surface area contributed by atoms with Crippen molar-refractivity contribution in [2.75, 3.05) is 46.2 Å². The molecule has 1 aromatic rings. The van der Waals surface area contributed by atoms with E-state index in [2.05, 4.69) is 19.1 Å². The molecule has 0 bridgehead atoms. The van der Waals surface area contributed by atoms with Gasteiger partial charge in [-0.3, -0.25) is 0 Å². The summed E-state index contributed by atoms with van der Waals surface area (Å²) in [6, 6.07) is 8.32. The van der Waals surface area contributed by atoms with E-state index in [1.165, 1.54) is 44.1 Å². The van der Waals surface area contributed by atoms with Crippen LogP contribution in [-0.4, -0.2) is 57.3 Å². The molecule has 0 saturated heterocycles. The highest BCUT2D eigenvalue weighted by Gasteiger charge is 1.98. The third-order valence-electron chi connectivity index (χ3n) is 4.21. The third-order valence-corrected chi connectivity index (χ3v) is 4.21. The van der Waals surface area contributed by atoms with Crippen LogP contribution in [0.25, 0.3) is 0 Å². The van der Waals surface area contributed by atoms with Crippen LogP contribution in [0.5, 0.6) is 5.75 Å². The van der Waals surface area contributed by atoms with Gasteiger partial charge in [0, 0.05) is 0 Å². The van der Waals surface area contributed by atoms with Crippen LogP contribution in [-0.2, 0) is 25.4 Å². The maximum atomic E-state index is 10.2. The van der Waals surface area contributed by atoms with Gasteiger partial charge in [-0.1, -0.05) is 51.2 Å². The molecular weight excluding hydrogens is 360 g/mol. The molecule has 0 aliphatic heterocycles. The van der Waals surface area contributed by atoms with Gasteiger partial charge in [-0.15, -0.1) is 0 Å². The van der Waals surface area contributed by atoms with Gasteiger partial charge in [0.2, 0.25) is 0 Å². The first-order valence-corrected chi connectivity index (χ1v) is 10.4. The largest absolute Gasteiger partial charge is 0.491 e. The quantitative estimate of drug-likeness (QED) is 0.355. The molecule has 28 heavy (non-hydrogen) atoms. The number of aryl methyl sites for hydroxylation is 1. The first-order valence-electron chi connectivity index (χ1n) is 10.4. The Labute approximate surface area is 169 Å². The number of carbonyl (C=O) groups is 1. The van der Waals surface area contributed by atoms with E-state index in [9.17, 15) is 4.79 Å². The smallest absolute Gasteiger partial charge is 0.329 e. The van der Waals surface area contributed by atoms with Crippen LogP contribution in [0, 0.1) is 0 Å². The lowest BCUT2D eigenvalue weighted by molar-refractivity contribution is -0.142. The second-order valence-electron chi connectivity index (χ2n) is 6.68. The summed E-state index contributed by atoms with van der Waals surface area (Å²) in [5, 5.41) is 8.40. The van der Waals surface area contributed by atoms with Gasteiger partial charge in [-0.25, -0.2) is 4.79 Å². The lowest BCUT2D eigenvalue weighted by Gasteiger charge is -2.09. The van der Waals surface area contributed by atoms with Gasteiger partial charge < -0.3 is 24.1 Å². The minimum absolute atomic E-state index is 0.268. The van der Waals surface area contributed by atoms with Crippen molar-refractivity contribution >= 4 is 5.97 Å². The van der Waals surface area contributed by atoms with Gasteiger partial charge in [-0.2, -0.15) is 0 Å². The van der Waals surface area contributed by atoms with E-state index in [1.807, 2.05) is 12.1 Å². The van der Waals surface area contributed by atoms with Crippen molar-refractivity contribution in [3.05, 3.63) is 29.8 Å². The van der Waals surface area contributed by atoms with Crippen LogP contribution in [0.3, 0.4) is 0 Å². The monoisotopic (exact) mass is 396 g/mol. The van der Waals surface area contributed by atoms with E-state index in [0.29, 0.717) is 33.0 Å². The van der Waals surface area contributed by atoms with Crippen LogP contribution in [0.2, 0.25) is 0 Å². The predicted molar refractivity (Wildman–Crippen MR) is 109 cm³/mol. The maximum absolute atomic E-state index is 10.2. The zero-order valence-electron chi connectivity index (χ0n) is 17.2. The molecule has 6 heteroatoms. The molecule has 1 N–H and O–H groups in total. The van der Waals surface area contributed by atoms with E-state index >= 15 is 0 Å². The van der Waals surface area contributed by atoms with E-state index in [0.717, 1.165) is 12.2 Å². The SMILES string of the molecule is CCCCCCCCc1ccc(OCCOCCOCCOCC(=O)O)cc1. The molecule has 0 spiro atoms. The molecule has 0 aliphatic rings. The average molecular weight is 397 g/mol. The number of benzene rings is 1. The molecule has 0 aromatic heterocycles. The Hall–Kier alpha value is -1.63. The van der Waals surface area contributed by atoms with Crippen LogP contribution in [0.1, 0.15) is 51.0 Å². The molecule has 0 aliphatic carbocycles. The van der Waals surface area contributed by atoms with Crippen molar-refractivity contribution in [1.82, 2.24) is 0 Å². The molecule has 0 atom stereocenters. The standard InChI is InChI=1S/C22H36O6/c1-2-3-4-5-6-7-8-20-9-11-21(12-10-20)28-18-17-26-14-13-25-15-16-27-19-22(23)24/h9-12H,2-8,13-19H2,1H3,(H,23,24). The summed E-state index contributed by atoms with van der Waals surface area (Å²) < 4.78 is 21.2. The van der Waals surface area contributed by atoms with E-state index in [1.54, 1.807) is 0 Å². The van der Waals surface area contributed by atoms with Gasteiger partial charge in [0.05, 0.1) is 33.0 Å². The highest BCUT2D eigenvalue weighted by Crippen LogP contribution is 2.15. The van der Waals surface area contributed by atoms with Gasteiger partial charge in [-0.05, 0) is 30.5 Å². The fourth-order valence-corrected chi connectivity index (χ4v) is 2.68. The number of ether oxygens (including phenoxy) is 4. The van der Waals surface area contributed by atoms with Crippen LogP contribution in [0.4, 0.5) is 0 Å². The van der Waals surface area contributed by atoms with E-state index in [-0.39, 0.29) is 13.2 Å². The van der Waals surface area contributed by atoms with Gasteiger partial charge >= 0.3 is 5.97 Å². The number of carboxylic acid groups (broad SMARTS) is 1. The molecule has 1 aromatic carbocycles. The Morgan fingerprint density at radius 2 is 1.36 bits per heavy atom. The summed E-state index contributed by atoms with van der Waals surface area (Å²) in [4.78, 5) is 10.2. The molecule has 0 heterocycles. The lowest BCUT2D eigenvalue weighted by atomic mass is 10.0. The Kier molecular flexibility index (Phi) is 15.2. The second kappa shape index (κ2) is 17.5. The minimum atomic E-state index is -0.976. The minimum Gasteiger partial charge on any atom is -0.491 e. The van der Waals surface area contributed by atoms with Crippen LogP contribution < -0.4 is 4.74 Å². The number of rotatable bonds is 19. The van der Waals surface area contributed by atoms with E-state index in [4.69, 9.17) is 24.1 Å². The highest BCUT2D eigenvalue weighted by molar-refractivity contribution is 5.67. The third kappa shape index (κ3) is 14.4. The number of hydrogen-bond donors (Lipinski definition) is 1. The van der Waals surface area contributed by atoms with Crippen molar-refractivity contribution in [1.29, 1.82) is 0 Å². The molecule has 0 saturated carbocycles. The van der Waals surface area contributed by atoms with Crippen LogP contribution in [0.15, 0.2) is 24.3 Å². The molecular formula is C22H36O6. The Morgan fingerprint density at radius 3 is 2.00 bits per heavy atom. The van der Waals surface area contributed by atoms with Gasteiger partial charge in [0.15, 0.2) is 0 Å². The lowest BCUT2D eigenvalue weighted by Crippen LogP contribution is -2.14. The Balaban J connectivity index is 1.93. The fraction of sp³-hybridized carbons (Fsp3) is 0.682. The zero-order chi connectivity index (χ0) is 20.3. The molecule has 0 fully saturated rings. The van der Waals surface area contributed by atoms with Crippen LogP contribution >= 0.6 is 0 Å². The van der Waals surface area contributed by atoms with E-state index < -0.39 is 5.97 Å². The molecule has 0 unspecified atom stereocenters. The summed E-state index contributed by atoms with van der Waals surface area (Å²) >= 11 is 0. The van der Waals surface area contributed by atoms with Crippen molar-refractivity contribution in [3.8, 4) is 5.75 Å². The van der Waals surface area contributed by atoms with Crippen molar-refractivity contribution in [2.24, 2.45) is 0 Å². The predicted octanol–water partition coefficient (Wildman–Crippen LogP) is 4.10. The average Bonchev–Trinajstić information content (AvgIpc) is 2.69. The Bertz CT molecular complexity index is 488. The van der Waals surface area contributed by atoms with Crippen molar-refractivity contribution < 1.29 is 28.8 Å². The molecule has 0 radical (unpaired) electrons. The first-order chi connectivity index (χ1) is 13.7. The fourth-order valence-electron chi connectivity index (χ4n) is 2.68. The maximum Gasteiger partial charge on any atom is 0.329 e. The number of carboxylic acids is 1. The summed E-state index contributed by atoms with van der Waals surface area (Å²) in [7, 11) is 0. The molecule has 6 nitrogen and oxygen atoms in total. The summed E-state index contributed by atoms with van der Waals surface area (Å²) in [6.07, 6.45) is 9.06. The van der Waals surface area contributed by atoms with Gasteiger partial charge in [0.1, 0.15) is 19.0 Å². The molecule has 160 valence electrons.